The molecule has 0 atom stereocenters. The molecule has 2 N–H and O–H groups in total. The van der Waals surface area contributed by atoms with Gasteiger partial charge in [-0.15, -0.1) is 0 Å². The Labute approximate surface area is 186 Å². The first-order chi connectivity index (χ1) is 15.5. The van der Waals surface area contributed by atoms with E-state index < -0.39 is 11.2 Å². The maximum atomic E-state index is 12.7. The maximum Gasteiger partial charge on any atom is 0.337 e. The molecule has 0 spiro atoms. The molecular weight excluding hydrogens is 406 g/mol. The van der Waals surface area contributed by atoms with Crippen LogP contribution < -0.4 is 11.2 Å². The number of aromatic nitrogens is 4. The van der Waals surface area contributed by atoms with Gasteiger partial charge in [0.1, 0.15) is 0 Å². The number of H-pyrrole nitrogens is 1. The predicted octanol–water partition coefficient (Wildman–Crippen LogP) is 1.89. The molecule has 1 saturated heterocycles. The quantitative estimate of drug-likeness (QED) is 0.453. The number of rotatable bonds is 6. The Kier molecular flexibility index (Phi) is 6.55. The second-order valence-corrected chi connectivity index (χ2v) is 8.22. The number of nitrogens with zero attached hydrogens (tertiary/aromatic N) is 5. The van der Waals surface area contributed by atoms with Crippen molar-refractivity contribution in [3.05, 3.63) is 63.1 Å². The number of aromatic amines is 1. The van der Waals surface area contributed by atoms with E-state index in [0.717, 1.165) is 38.9 Å². The summed E-state index contributed by atoms with van der Waals surface area (Å²) in [6.07, 6.45) is 4.48. The summed E-state index contributed by atoms with van der Waals surface area (Å²) in [5.41, 5.74) is 0.855. The lowest BCUT2D eigenvalue weighted by atomic mass is 10.0. The number of benzene rings is 1. The second kappa shape index (κ2) is 9.52. The molecule has 9 nitrogen and oxygen atoms in total. The van der Waals surface area contributed by atoms with Gasteiger partial charge in [-0.1, -0.05) is 30.3 Å². The SMILES string of the molecule is CCN(CC)C(=N)n1c(=O)[nH]c(=O)c2ncn(C3CCN(CCc4ccccc4)CC3)c21. The lowest BCUT2D eigenvalue weighted by Crippen LogP contribution is -2.44. The summed E-state index contributed by atoms with van der Waals surface area (Å²) in [5.74, 6) is 0.0586. The van der Waals surface area contributed by atoms with Crippen LogP contribution in [-0.4, -0.2) is 67.6 Å². The topological polar surface area (TPSA) is 103 Å². The molecule has 0 bridgehead atoms. The van der Waals surface area contributed by atoms with Crippen molar-refractivity contribution in [1.82, 2.24) is 28.9 Å². The van der Waals surface area contributed by atoms with Gasteiger partial charge in [-0.25, -0.2) is 14.3 Å². The van der Waals surface area contributed by atoms with Gasteiger partial charge in [-0.2, -0.15) is 0 Å². The van der Waals surface area contributed by atoms with Crippen LogP contribution >= 0.6 is 0 Å². The Morgan fingerprint density at radius 3 is 2.50 bits per heavy atom. The number of nitrogens with one attached hydrogen (secondary N) is 2. The summed E-state index contributed by atoms with van der Waals surface area (Å²) in [6, 6.07) is 10.6. The van der Waals surface area contributed by atoms with E-state index >= 15 is 0 Å². The number of hydrogen-bond donors (Lipinski definition) is 2. The molecule has 170 valence electrons. The van der Waals surface area contributed by atoms with Crippen molar-refractivity contribution in [3.8, 4) is 0 Å². The molecule has 4 rings (SSSR count). The Bertz CT molecular complexity index is 1180. The van der Waals surface area contributed by atoms with Crippen molar-refractivity contribution >= 4 is 17.1 Å². The molecule has 0 saturated carbocycles. The Morgan fingerprint density at radius 1 is 1.16 bits per heavy atom. The minimum atomic E-state index is -0.596. The summed E-state index contributed by atoms with van der Waals surface area (Å²) in [6.45, 7) is 7.96. The summed E-state index contributed by atoms with van der Waals surface area (Å²) >= 11 is 0. The van der Waals surface area contributed by atoms with Gasteiger partial charge in [0.2, 0.25) is 5.96 Å². The smallest absolute Gasteiger partial charge is 0.337 e. The third kappa shape index (κ3) is 4.25. The second-order valence-electron chi connectivity index (χ2n) is 8.22. The largest absolute Gasteiger partial charge is 0.343 e. The van der Waals surface area contributed by atoms with Crippen LogP contribution in [0.3, 0.4) is 0 Å². The monoisotopic (exact) mass is 437 g/mol. The number of imidazole rings is 1. The van der Waals surface area contributed by atoms with Crippen molar-refractivity contribution < 1.29 is 0 Å². The molecular formula is C23H31N7O2. The van der Waals surface area contributed by atoms with Gasteiger partial charge >= 0.3 is 5.69 Å². The molecule has 2 aromatic heterocycles. The first-order valence-corrected chi connectivity index (χ1v) is 11.4. The minimum absolute atomic E-state index is 0.0586. The molecule has 0 aliphatic carbocycles. The molecule has 1 aliphatic heterocycles. The van der Waals surface area contributed by atoms with E-state index in [2.05, 4.69) is 39.1 Å². The molecule has 9 heteroatoms. The predicted molar refractivity (Wildman–Crippen MR) is 126 cm³/mol. The van der Waals surface area contributed by atoms with Crippen molar-refractivity contribution in [3.63, 3.8) is 0 Å². The van der Waals surface area contributed by atoms with E-state index in [1.807, 2.05) is 24.5 Å². The van der Waals surface area contributed by atoms with E-state index in [9.17, 15) is 9.59 Å². The molecule has 0 radical (unpaired) electrons. The zero-order valence-electron chi connectivity index (χ0n) is 18.8. The van der Waals surface area contributed by atoms with Crippen LogP contribution in [0, 0.1) is 5.41 Å². The number of fused-ring (bicyclic) bond motifs is 1. The lowest BCUT2D eigenvalue weighted by Gasteiger charge is -2.33. The van der Waals surface area contributed by atoms with Crippen LogP contribution in [0.2, 0.25) is 0 Å². The highest BCUT2D eigenvalue weighted by Crippen LogP contribution is 2.25. The van der Waals surface area contributed by atoms with Crippen molar-refractivity contribution in [2.24, 2.45) is 0 Å². The van der Waals surface area contributed by atoms with Gasteiger partial charge in [0.15, 0.2) is 11.2 Å². The van der Waals surface area contributed by atoms with Gasteiger partial charge in [0.05, 0.1) is 6.33 Å². The van der Waals surface area contributed by atoms with E-state index in [0.29, 0.717) is 18.7 Å². The average molecular weight is 438 g/mol. The van der Waals surface area contributed by atoms with Crippen molar-refractivity contribution in [2.45, 2.75) is 39.2 Å². The highest BCUT2D eigenvalue weighted by atomic mass is 16.2. The van der Waals surface area contributed by atoms with Crippen LogP contribution in [0.25, 0.3) is 11.2 Å². The Hall–Kier alpha value is -3.20. The number of likely N-dealkylation sites (tertiary alicyclic amines) is 1. The standard InChI is InChI=1S/C23H31N7O2/c1-3-28(4-2)22(24)30-21-19(20(31)26-23(30)32)25-16-29(21)18-11-14-27(15-12-18)13-10-17-8-6-5-7-9-17/h5-9,16,18,24H,3-4,10-15H2,1-2H3,(H,26,31,32). The summed E-state index contributed by atoms with van der Waals surface area (Å²) in [4.78, 5) is 36.0. The minimum Gasteiger partial charge on any atom is -0.343 e. The van der Waals surface area contributed by atoms with Crippen LogP contribution in [0.15, 0.2) is 46.2 Å². The van der Waals surface area contributed by atoms with Gasteiger partial charge in [-0.3, -0.25) is 15.2 Å². The van der Waals surface area contributed by atoms with Crippen LogP contribution in [0.4, 0.5) is 0 Å². The number of hydrogen-bond acceptors (Lipinski definition) is 5. The summed E-state index contributed by atoms with van der Waals surface area (Å²) in [5, 5.41) is 8.62. The molecule has 3 heterocycles. The van der Waals surface area contributed by atoms with Crippen LogP contribution in [0.5, 0.6) is 0 Å². The van der Waals surface area contributed by atoms with Crippen molar-refractivity contribution in [2.75, 3.05) is 32.7 Å². The zero-order chi connectivity index (χ0) is 22.7. The maximum absolute atomic E-state index is 12.7. The van der Waals surface area contributed by atoms with Gasteiger partial charge in [0.25, 0.3) is 5.56 Å². The first-order valence-electron chi connectivity index (χ1n) is 11.4. The molecule has 3 aromatic rings. The Morgan fingerprint density at radius 2 is 1.84 bits per heavy atom. The highest BCUT2D eigenvalue weighted by Gasteiger charge is 2.26. The third-order valence-electron chi connectivity index (χ3n) is 6.40. The fraction of sp³-hybridized carbons (Fsp3) is 0.478. The molecule has 32 heavy (non-hydrogen) atoms. The molecule has 0 unspecified atom stereocenters. The summed E-state index contributed by atoms with van der Waals surface area (Å²) < 4.78 is 3.22. The van der Waals surface area contributed by atoms with E-state index in [4.69, 9.17) is 5.41 Å². The van der Waals surface area contributed by atoms with Crippen LogP contribution in [0.1, 0.15) is 38.3 Å². The highest BCUT2D eigenvalue weighted by molar-refractivity contribution is 5.87. The van der Waals surface area contributed by atoms with Gasteiger partial charge in [-0.05, 0) is 38.7 Å². The third-order valence-corrected chi connectivity index (χ3v) is 6.40. The fourth-order valence-corrected chi connectivity index (χ4v) is 4.53. The first kappa shape index (κ1) is 22.0. The van der Waals surface area contributed by atoms with E-state index in [1.165, 1.54) is 10.1 Å². The Balaban J connectivity index is 1.57. The molecule has 1 fully saturated rings. The lowest BCUT2D eigenvalue weighted by molar-refractivity contribution is 0.189. The van der Waals surface area contributed by atoms with E-state index in [-0.39, 0.29) is 17.5 Å². The number of piperidine rings is 1. The van der Waals surface area contributed by atoms with Crippen LogP contribution in [-0.2, 0) is 6.42 Å². The zero-order valence-corrected chi connectivity index (χ0v) is 18.8. The summed E-state index contributed by atoms with van der Waals surface area (Å²) in [7, 11) is 0. The normalized spacial score (nSPS) is 15.3. The van der Waals surface area contributed by atoms with Gasteiger partial charge in [0, 0.05) is 38.8 Å². The van der Waals surface area contributed by atoms with Crippen molar-refractivity contribution in [1.29, 1.82) is 5.41 Å². The van der Waals surface area contributed by atoms with E-state index in [1.54, 1.807) is 11.2 Å². The fourth-order valence-electron chi connectivity index (χ4n) is 4.53. The van der Waals surface area contributed by atoms with Gasteiger partial charge < -0.3 is 14.4 Å². The molecule has 0 amide bonds. The molecule has 1 aromatic carbocycles. The molecule has 1 aliphatic rings. The average Bonchev–Trinajstić information content (AvgIpc) is 3.25.